The van der Waals surface area contributed by atoms with Crippen LogP contribution in [0.2, 0.25) is 0 Å². The molecular weight excluding hydrogens is 212 g/mol. The van der Waals surface area contributed by atoms with Gasteiger partial charge in [0.25, 0.3) is 0 Å². The van der Waals surface area contributed by atoms with Gasteiger partial charge in [-0.2, -0.15) is 0 Å². The van der Waals surface area contributed by atoms with E-state index in [0.717, 1.165) is 0 Å². The SMILES string of the molecule is CC(C)(C[C@@H](CO)CCC(N)=O)NC(=O)O. The lowest BCUT2D eigenvalue weighted by Gasteiger charge is -2.28. The normalized spacial score (nSPS) is 13.2. The molecule has 0 radical (unpaired) electrons. The van der Waals surface area contributed by atoms with E-state index in [0.29, 0.717) is 12.8 Å². The summed E-state index contributed by atoms with van der Waals surface area (Å²) in [5.41, 5.74) is 4.38. The molecule has 0 aromatic rings. The summed E-state index contributed by atoms with van der Waals surface area (Å²) in [6, 6.07) is 0. The third-order valence-electron chi connectivity index (χ3n) is 2.30. The average molecular weight is 232 g/mol. The molecule has 6 heteroatoms. The highest BCUT2D eigenvalue weighted by Crippen LogP contribution is 2.20. The first-order valence-corrected chi connectivity index (χ1v) is 5.17. The van der Waals surface area contributed by atoms with Crippen molar-refractivity contribution in [2.24, 2.45) is 11.7 Å². The molecule has 0 aromatic carbocycles. The van der Waals surface area contributed by atoms with E-state index in [1.54, 1.807) is 13.8 Å². The number of carbonyl (C=O) groups is 2. The second kappa shape index (κ2) is 6.32. The highest BCUT2D eigenvalue weighted by molar-refractivity contribution is 5.73. The van der Waals surface area contributed by atoms with Crippen LogP contribution < -0.4 is 11.1 Å². The molecule has 5 N–H and O–H groups in total. The molecule has 0 rings (SSSR count). The van der Waals surface area contributed by atoms with Crippen LogP contribution >= 0.6 is 0 Å². The van der Waals surface area contributed by atoms with Crippen LogP contribution in [-0.2, 0) is 4.79 Å². The summed E-state index contributed by atoms with van der Waals surface area (Å²) in [6.45, 7) is 3.38. The van der Waals surface area contributed by atoms with E-state index >= 15 is 0 Å². The van der Waals surface area contributed by atoms with Crippen LogP contribution in [0.5, 0.6) is 0 Å². The number of carboxylic acid groups (broad SMARTS) is 1. The Bertz CT molecular complexity index is 253. The zero-order valence-corrected chi connectivity index (χ0v) is 9.69. The number of rotatable bonds is 7. The van der Waals surface area contributed by atoms with Crippen LogP contribution in [0.15, 0.2) is 0 Å². The predicted octanol–water partition coefficient (Wildman–Crippen LogP) is 0.297. The smallest absolute Gasteiger partial charge is 0.405 e. The third-order valence-corrected chi connectivity index (χ3v) is 2.30. The standard InChI is InChI=1S/C10H20N2O4/c1-10(2,12-9(15)16)5-7(6-13)3-4-8(11)14/h7,12-13H,3-6H2,1-2H3,(H2,11,14)(H,15,16)/t7-/m0/s1. The number of primary amides is 1. The second-order valence-corrected chi connectivity index (χ2v) is 4.57. The Morgan fingerprint density at radius 1 is 1.44 bits per heavy atom. The van der Waals surface area contributed by atoms with Crippen molar-refractivity contribution in [1.29, 1.82) is 0 Å². The minimum Gasteiger partial charge on any atom is -0.465 e. The first-order chi connectivity index (χ1) is 7.26. The lowest BCUT2D eigenvalue weighted by atomic mass is 9.88. The quantitative estimate of drug-likeness (QED) is 0.505. The molecular formula is C10H20N2O4. The molecule has 0 unspecified atom stereocenters. The zero-order chi connectivity index (χ0) is 12.8. The fourth-order valence-electron chi connectivity index (χ4n) is 1.67. The molecule has 0 fully saturated rings. The van der Waals surface area contributed by atoms with Crippen LogP contribution in [-0.4, -0.2) is 34.4 Å². The Morgan fingerprint density at radius 3 is 2.38 bits per heavy atom. The Morgan fingerprint density at radius 2 is 2.00 bits per heavy atom. The number of aliphatic hydroxyl groups excluding tert-OH is 1. The molecule has 0 saturated carbocycles. The summed E-state index contributed by atoms with van der Waals surface area (Å²) in [5, 5.41) is 20.1. The van der Waals surface area contributed by atoms with Gasteiger partial charge in [-0.05, 0) is 32.6 Å². The molecule has 1 atom stereocenters. The molecule has 16 heavy (non-hydrogen) atoms. The first-order valence-electron chi connectivity index (χ1n) is 5.17. The molecule has 0 aliphatic carbocycles. The Kier molecular flexibility index (Phi) is 5.81. The summed E-state index contributed by atoms with van der Waals surface area (Å²) < 4.78 is 0. The zero-order valence-electron chi connectivity index (χ0n) is 9.69. The molecule has 6 nitrogen and oxygen atoms in total. The first kappa shape index (κ1) is 14.7. The van der Waals surface area contributed by atoms with Gasteiger partial charge in [-0.3, -0.25) is 4.79 Å². The van der Waals surface area contributed by atoms with E-state index in [9.17, 15) is 9.59 Å². The van der Waals surface area contributed by atoms with E-state index in [-0.39, 0.29) is 18.9 Å². The monoisotopic (exact) mass is 232 g/mol. The minimum absolute atomic E-state index is 0.0853. The molecule has 0 aliphatic heterocycles. The number of amides is 2. The molecule has 0 saturated heterocycles. The topological polar surface area (TPSA) is 113 Å². The van der Waals surface area contributed by atoms with Gasteiger partial charge in [-0.15, -0.1) is 0 Å². The predicted molar refractivity (Wildman–Crippen MR) is 58.9 cm³/mol. The van der Waals surface area contributed by atoms with Crippen LogP contribution in [0.3, 0.4) is 0 Å². The van der Waals surface area contributed by atoms with Crippen molar-refractivity contribution in [1.82, 2.24) is 5.32 Å². The number of nitrogens with two attached hydrogens (primary N) is 1. The van der Waals surface area contributed by atoms with Gasteiger partial charge in [0.05, 0.1) is 0 Å². The molecule has 0 bridgehead atoms. The summed E-state index contributed by atoms with van der Waals surface area (Å²) in [4.78, 5) is 21.1. The van der Waals surface area contributed by atoms with Crippen molar-refractivity contribution in [3.05, 3.63) is 0 Å². The van der Waals surface area contributed by atoms with Gasteiger partial charge >= 0.3 is 6.09 Å². The number of aliphatic hydroxyl groups is 1. The Hall–Kier alpha value is -1.30. The largest absolute Gasteiger partial charge is 0.465 e. The van der Waals surface area contributed by atoms with Crippen molar-refractivity contribution >= 4 is 12.0 Å². The molecule has 2 amide bonds. The van der Waals surface area contributed by atoms with Crippen molar-refractivity contribution in [2.45, 2.75) is 38.6 Å². The maximum absolute atomic E-state index is 10.6. The fourth-order valence-corrected chi connectivity index (χ4v) is 1.67. The molecule has 94 valence electrons. The van der Waals surface area contributed by atoms with Gasteiger partial charge in [0.1, 0.15) is 0 Å². The van der Waals surface area contributed by atoms with Gasteiger partial charge in [0.2, 0.25) is 5.91 Å². The third kappa shape index (κ3) is 7.05. The van der Waals surface area contributed by atoms with Gasteiger partial charge in [-0.1, -0.05) is 0 Å². The van der Waals surface area contributed by atoms with E-state index in [1.807, 2.05) is 0 Å². The highest BCUT2D eigenvalue weighted by Gasteiger charge is 2.24. The Balaban J connectivity index is 4.18. The molecule has 0 aliphatic rings. The number of hydrogen-bond acceptors (Lipinski definition) is 3. The lowest BCUT2D eigenvalue weighted by molar-refractivity contribution is -0.118. The van der Waals surface area contributed by atoms with Crippen LogP contribution in [0.1, 0.15) is 33.1 Å². The van der Waals surface area contributed by atoms with Crippen molar-refractivity contribution in [3.63, 3.8) is 0 Å². The van der Waals surface area contributed by atoms with Crippen molar-refractivity contribution < 1.29 is 19.8 Å². The highest BCUT2D eigenvalue weighted by atomic mass is 16.4. The summed E-state index contributed by atoms with van der Waals surface area (Å²) in [7, 11) is 0. The second-order valence-electron chi connectivity index (χ2n) is 4.57. The van der Waals surface area contributed by atoms with Crippen molar-refractivity contribution in [3.8, 4) is 0 Å². The van der Waals surface area contributed by atoms with Crippen LogP contribution in [0, 0.1) is 5.92 Å². The van der Waals surface area contributed by atoms with E-state index in [1.165, 1.54) is 0 Å². The fraction of sp³-hybridized carbons (Fsp3) is 0.800. The van der Waals surface area contributed by atoms with Gasteiger partial charge in [0, 0.05) is 18.6 Å². The Labute approximate surface area is 94.8 Å². The van der Waals surface area contributed by atoms with Gasteiger partial charge < -0.3 is 21.3 Å². The maximum atomic E-state index is 10.6. The summed E-state index contributed by atoms with van der Waals surface area (Å²) in [5.74, 6) is -0.545. The molecule has 0 aromatic heterocycles. The molecule has 0 spiro atoms. The summed E-state index contributed by atoms with van der Waals surface area (Å²) in [6.07, 6.45) is 0.0326. The van der Waals surface area contributed by atoms with E-state index < -0.39 is 17.5 Å². The number of carbonyl (C=O) groups excluding carboxylic acids is 1. The number of nitrogens with one attached hydrogen (secondary N) is 1. The maximum Gasteiger partial charge on any atom is 0.405 e. The lowest BCUT2D eigenvalue weighted by Crippen LogP contribution is -2.44. The molecule has 0 heterocycles. The van der Waals surface area contributed by atoms with Crippen LogP contribution in [0.4, 0.5) is 4.79 Å². The number of hydrogen-bond donors (Lipinski definition) is 4. The van der Waals surface area contributed by atoms with E-state index in [2.05, 4.69) is 5.32 Å². The average Bonchev–Trinajstić information content (AvgIpc) is 2.09. The van der Waals surface area contributed by atoms with Crippen LogP contribution in [0.25, 0.3) is 0 Å². The van der Waals surface area contributed by atoms with Gasteiger partial charge in [0.15, 0.2) is 0 Å². The minimum atomic E-state index is -1.10. The van der Waals surface area contributed by atoms with Crippen molar-refractivity contribution in [2.75, 3.05) is 6.61 Å². The summed E-state index contributed by atoms with van der Waals surface area (Å²) >= 11 is 0. The van der Waals surface area contributed by atoms with Gasteiger partial charge in [-0.25, -0.2) is 4.79 Å². The van der Waals surface area contributed by atoms with E-state index in [4.69, 9.17) is 15.9 Å².